The summed E-state index contributed by atoms with van der Waals surface area (Å²) in [5, 5.41) is 3.44. The van der Waals surface area contributed by atoms with Gasteiger partial charge in [-0.05, 0) is 57.0 Å². The van der Waals surface area contributed by atoms with Crippen LogP contribution in [0.5, 0.6) is 0 Å². The third kappa shape index (κ3) is 2.50. The van der Waals surface area contributed by atoms with Gasteiger partial charge in [0.15, 0.2) is 0 Å². The monoisotopic (exact) mass is 261 g/mol. The molecule has 0 spiro atoms. The molecule has 3 rings (SSSR count). The van der Waals surface area contributed by atoms with Gasteiger partial charge in [0.05, 0.1) is 11.0 Å². The van der Waals surface area contributed by atoms with Gasteiger partial charge in [-0.25, -0.2) is 9.37 Å². The van der Waals surface area contributed by atoms with Gasteiger partial charge < -0.3 is 9.88 Å². The lowest BCUT2D eigenvalue weighted by Crippen LogP contribution is -2.31. The van der Waals surface area contributed by atoms with Crippen LogP contribution in [-0.2, 0) is 13.0 Å². The number of hydrogen-bond donors (Lipinski definition) is 1. The number of benzene rings is 1. The van der Waals surface area contributed by atoms with Crippen molar-refractivity contribution in [1.29, 1.82) is 0 Å². The molecule has 2 aromatic rings. The van der Waals surface area contributed by atoms with E-state index >= 15 is 0 Å². The highest BCUT2D eigenvalue weighted by molar-refractivity contribution is 5.76. The van der Waals surface area contributed by atoms with Gasteiger partial charge in [-0.1, -0.05) is 0 Å². The lowest BCUT2D eigenvalue weighted by atomic mass is 9.96. The summed E-state index contributed by atoms with van der Waals surface area (Å²) in [7, 11) is 0. The molecule has 1 saturated heterocycles. The fourth-order valence-electron chi connectivity index (χ4n) is 3.01. The zero-order chi connectivity index (χ0) is 13.2. The van der Waals surface area contributed by atoms with Crippen molar-refractivity contribution in [3.63, 3.8) is 0 Å². The Morgan fingerprint density at radius 1 is 1.47 bits per heavy atom. The third-order valence-electron chi connectivity index (χ3n) is 3.98. The highest BCUT2D eigenvalue weighted by atomic mass is 19.1. The summed E-state index contributed by atoms with van der Waals surface area (Å²) < 4.78 is 15.5. The first kappa shape index (κ1) is 12.6. The summed E-state index contributed by atoms with van der Waals surface area (Å²) in [6.07, 6.45) is 3.48. The van der Waals surface area contributed by atoms with Gasteiger partial charge in [0.25, 0.3) is 0 Å². The number of nitrogens with zero attached hydrogens (tertiary/aromatic N) is 2. The molecular weight excluding hydrogens is 241 g/mol. The molecule has 1 N–H and O–H groups in total. The molecule has 0 saturated carbocycles. The van der Waals surface area contributed by atoms with E-state index in [-0.39, 0.29) is 5.82 Å². The SMILES string of the molecule is CCn1c(CC2CCCNC2)nc2ccc(F)cc21. The van der Waals surface area contributed by atoms with Gasteiger partial charge in [-0.15, -0.1) is 0 Å². The number of hydrogen-bond acceptors (Lipinski definition) is 2. The summed E-state index contributed by atoms with van der Waals surface area (Å²) >= 11 is 0. The number of nitrogens with one attached hydrogen (secondary N) is 1. The Hall–Kier alpha value is -1.42. The summed E-state index contributed by atoms with van der Waals surface area (Å²) in [5.74, 6) is 1.56. The van der Waals surface area contributed by atoms with Crippen LogP contribution in [0.3, 0.4) is 0 Å². The zero-order valence-electron chi connectivity index (χ0n) is 11.3. The Labute approximate surface area is 112 Å². The Bertz CT molecular complexity index is 570. The van der Waals surface area contributed by atoms with E-state index in [0.29, 0.717) is 5.92 Å². The van der Waals surface area contributed by atoms with Gasteiger partial charge in [0.2, 0.25) is 0 Å². The second kappa shape index (κ2) is 5.29. The number of fused-ring (bicyclic) bond motifs is 1. The molecule has 3 nitrogen and oxygen atoms in total. The average Bonchev–Trinajstić information content (AvgIpc) is 2.76. The second-order valence-electron chi connectivity index (χ2n) is 5.32. The minimum Gasteiger partial charge on any atom is -0.328 e. The first-order valence-electron chi connectivity index (χ1n) is 7.13. The number of piperidine rings is 1. The van der Waals surface area contributed by atoms with Crippen molar-refractivity contribution in [3.8, 4) is 0 Å². The topological polar surface area (TPSA) is 29.9 Å². The first-order chi connectivity index (χ1) is 9.28. The molecule has 1 aliphatic heterocycles. The molecular formula is C15H20FN3. The van der Waals surface area contributed by atoms with Crippen LogP contribution in [0.25, 0.3) is 11.0 Å². The van der Waals surface area contributed by atoms with Crippen molar-refractivity contribution in [2.75, 3.05) is 13.1 Å². The van der Waals surface area contributed by atoms with E-state index in [1.54, 1.807) is 12.1 Å². The molecule has 0 bridgehead atoms. The molecule has 1 aliphatic rings. The van der Waals surface area contributed by atoms with E-state index in [0.717, 1.165) is 42.9 Å². The van der Waals surface area contributed by atoms with E-state index in [2.05, 4.69) is 21.8 Å². The van der Waals surface area contributed by atoms with E-state index in [1.165, 1.54) is 18.9 Å². The molecule has 1 aromatic heterocycles. The maximum atomic E-state index is 13.4. The van der Waals surface area contributed by atoms with E-state index in [9.17, 15) is 4.39 Å². The Kier molecular flexibility index (Phi) is 3.51. The lowest BCUT2D eigenvalue weighted by molar-refractivity contribution is 0.367. The van der Waals surface area contributed by atoms with Crippen LogP contribution in [0.15, 0.2) is 18.2 Å². The highest BCUT2D eigenvalue weighted by Crippen LogP contribution is 2.22. The van der Waals surface area contributed by atoms with Crippen LogP contribution in [0.1, 0.15) is 25.6 Å². The van der Waals surface area contributed by atoms with Crippen molar-refractivity contribution < 1.29 is 4.39 Å². The molecule has 1 atom stereocenters. The van der Waals surface area contributed by atoms with Crippen LogP contribution in [0, 0.1) is 11.7 Å². The summed E-state index contributed by atoms with van der Waals surface area (Å²) in [6, 6.07) is 4.86. The van der Waals surface area contributed by atoms with Crippen molar-refractivity contribution in [3.05, 3.63) is 29.8 Å². The predicted molar refractivity (Wildman–Crippen MR) is 74.7 cm³/mol. The maximum Gasteiger partial charge on any atom is 0.125 e. The minimum atomic E-state index is -0.187. The smallest absolute Gasteiger partial charge is 0.125 e. The van der Waals surface area contributed by atoms with Crippen LogP contribution >= 0.6 is 0 Å². The van der Waals surface area contributed by atoms with Crippen LogP contribution in [0.4, 0.5) is 4.39 Å². The summed E-state index contributed by atoms with van der Waals surface area (Å²) in [6.45, 7) is 5.14. The van der Waals surface area contributed by atoms with Crippen LogP contribution in [0.2, 0.25) is 0 Å². The molecule has 2 heterocycles. The number of rotatable bonds is 3. The molecule has 0 amide bonds. The fraction of sp³-hybridized carbons (Fsp3) is 0.533. The third-order valence-corrected chi connectivity index (χ3v) is 3.98. The average molecular weight is 261 g/mol. The van der Waals surface area contributed by atoms with Gasteiger partial charge in [0, 0.05) is 13.0 Å². The predicted octanol–water partition coefficient (Wildman–Crippen LogP) is 2.74. The molecule has 1 unspecified atom stereocenters. The normalized spacial score (nSPS) is 20.0. The minimum absolute atomic E-state index is 0.187. The van der Waals surface area contributed by atoms with E-state index in [4.69, 9.17) is 0 Å². The van der Waals surface area contributed by atoms with Crippen molar-refractivity contribution in [2.45, 2.75) is 32.7 Å². The largest absolute Gasteiger partial charge is 0.328 e. The highest BCUT2D eigenvalue weighted by Gasteiger charge is 2.18. The number of imidazole rings is 1. The molecule has 0 radical (unpaired) electrons. The quantitative estimate of drug-likeness (QED) is 0.920. The Morgan fingerprint density at radius 2 is 2.37 bits per heavy atom. The van der Waals surface area contributed by atoms with Crippen molar-refractivity contribution in [2.24, 2.45) is 5.92 Å². The standard InChI is InChI=1S/C15H20FN3/c1-2-19-14-9-12(16)5-6-13(14)18-15(19)8-11-4-3-7-17-10-11/h5-6,9,11,17H,2-4,7-8,10H2,1H3. The number of halogens is 1. The van der Waals surface area contributed by atoms with Crippen LogP contribution in [-0.4, -0.2) is 22.6 Å². The summed E-state index contributed by atoms with van der Waals surface area (Å²) in [4.78, 5) is 4.69. The Morgan fingerprint density at radius 3 is 3.11 bits per heavy atom. The lowest BCUT2D eigenvalue weighted by Gasteiger charge is -2.22. The maximum absolute atomic E-state index is 13.4. The fourth-order valence-corrected chi connectivity index (χ4v) is 3.01. The van der Waals surface area contributed by atoms with Crippen LogP contribution < -0.4 is 5.32 Å². The molecule has 1 fully saturated rings. The molecule has 19 heavy (non-hydrogen) atoms. The first-order valence-corrected chi connectivity index (χ1v) is 7.13. The molecule has 102 valence electrons. The number of aryl methyl sites for hydroxylation is 1. The van der Waals surface area contributed by atoms with E-state index < -0.39 is 0 Å². The molecule has 1 aromatic carbocycles. The van der Waals surface area contributed by atoms with Gasteiger partial charge in [-0.2, -0.15) is 0 Å². The summed E-state index contributed by atoms with van der Waals surface area (Å²) in [5.41, 5.74) is 1.82. The zero-order valence-corrected chi connectivity index (χ0v) is 11.3. The van der Waals surface area contributed by atoms with Gasteiger partial charge in [-0.3, -0.25) is 0 Å². The van der Waals surface area contributed by atoms with E-state index in [1.807, 2.05) is 0 Å². The van der Waals surface area contributed by atoms with Gasteiger partial charge >= 0.3 is 0 Å². The number of aromatic nitrogens is 2. The second-order valence-corrected chi connectivity index (χ2v) is 5.32. The van der Waals surface area contributed by atoms with Crippen molar-refractivity contribution >= 4 is 11.0 Å². The van der Waals surface area contributed by atoms with Gasteiger partial charge in [0.1, 0.15) is 11.6 Å². The Balaban J connectivity index is 1.93. The van der Waals surface area contributed by atoms with Crippen molar-refractivity contribution in [1.82, 2.24) is 14.9 Å². The molecule has 0 aliphatic carbocycles. The molecule has 4 heteroatoms.